The van der Waals surface area contributed by atoms with Crippen LogP contribution in [-0.2, 0) is 19.6 Å². The Labute approximate surface area is 161 Å². The van der Waals surface area contributed by atoms with Gasteiger partial charge >= 0.3 is 5.97 Å². The van der Waals surface area contributed by atoms with E-state index in [0.717, 1.165) is 10.8 Å². The third-order valence-corrected chi connectivity index (χ3v) is 5.48. The molecule has 0 amide bonds. The molecule has 0 unspecified atom stereocenters. The van der Waals surface area contributed by atoms with Crippen molar-refractivity contribution in [2.24, 2.45) is 0 Å². The van der Waals surface area contributed by atoms with E-state index in [-0.39, 0.29) is 22.3 Å². The quantitative estimate of drug-likeness (QED) is 0.630. The van der Waals surface area contributed by atoms with Gasteiger partial charge in [0.1, 0.15) is 5.75 Å². The van der Waals surface area contributed by atoms with Gasteiger partial charge in [-0.1, -0.05) is 48.0 Å². The number of hydrogen-bond donors (Lipinski definition) is 1. The summed E-state index contributed by atoms with van der Waals surface area (Å²) in [7, 11) is -2.62. The van der Waals surface area contributed by atoms with Crippen molar-refractivity contribution in [1.82, 2.24) is 0 Å². The summed E-state index contributed by atoms with van der Waals surface area (Å²) in [4.78, 5) is 11.1. The van der Waals surface area contributed by atoms with Crippen LogP contribution in [0.4, 0.5) is 5.69 Å². The fraction of sp³-hybridized carbons (Fsp3) is 0.105. The highest BCUT2D eigenvalue weighted by atomic mass is 35.5. The summed E-state index contributed by atoms with van der Waals surface area (Å²) in [6.45, 7) is -0.323. The molecule has 3 rings (SSSR count). The predicted molar refractivity (Wildman–Crippen MR) is 104 cm³/mol. The molecule has 0 radical (unpaired) electrons. The van der Waals surface area contributed by atoms with Crippen molar-refractivity contribution in [3.05, 3.63) is 65.7 Å². The summed E-state index contributed by atoms with van der Waals surface area (Å²) >= 11 is 6.09. The van der Waals surface area contributed by atoms with Crippen molar-refractivity contribution in [3.8, 4) is 5.75 Å². The maximum atomic E-state index is 12.7. The van der Waals surface area contributed by atoms with E-state index in [9.17, 15) is 13.2 Å². The Morgan fingerprint density at radius 2 is 1.81 bits per heavy atom. The predicted octanol–water partition coefficient (Wildman–Crippen LogP) is 3.85. The lowest BCUT2D eigenvalue weighted by Crippen LogP contribution is -2.14. The lowest BCUT2D eigenvalue weighted by Gasteiger charge is -2.12. The number of anilines is 1. The molecule has 0 aliphatic heterocycles. The summed E-state index contributed by atoms with van der Waals surface area (Å²) in [5, 5.41) is 1.77. The number of hydrogen-bond acceptors (Lipinski definition) is 5. The van der Waals surface area contributed by atoms with Crippen molar-refractivity contribution in [3.63, 3.8) is 0 Å². The second-order valence-corrected chi connectivity index (χ2v) is 7.68. The van der Waals surface area contributed by atoms with Gasteiger partial charge in [-0.3, -0.25) is 4.72 Å². The maximum Gasteiger partial charge on any atom is 0.343 e. The first-order valence-corrected chi connectivity index (χ1v) is 9.76. The highest BCUT2D eigenvalue weighted by Crippen LogP contribution is 2.30. The Hall–Kier alpha value is -2.77. The molecule has 0 spiro atoms. The van der Waals surface area contributed by atoms with E-state index in [4.69, 9.17) is 16.3 Å². The van der Waals surface area contributed by atoms with Crippen LogP contribution in [-0.4, -0.2) is 28.1 Å². The number of methoxy groups -OCH3 is 1. The SMILES string of the molecule is COC(=O)COc1ccc(S(=O)(=O)Nc2cccc3ccccc23)cc1Cl. The molecule has 0 saturated heterocycles. The molecule has 0 fully saturated rings. The number of fused-ring (bicyclic) bond motifs is 1. The highest BCUT2D eigenvalue weighted by molar-refractivity contribution is 7.92. The summed E-state index contributed by atoms with van der Waals surface area (Å²) in [5.41, 5.74) is 0.468. The molecule has 0 aliphatic rings. The number of esters is 1. The third-order valence-electron chi connectivity index (χ3n) is 3.82. The highest BCUT2D eigenvalue weighted by Gasteiger charge is 2.18. The Balaban J connectivity index is 1.86. The third kappa shape index (κ3) is 4.32. The molecule has 0 atom stereocenters. The number of carbonyl (C=O) groups excluding carboxylic acids is 1. The Kier molecular flexibility index (Phi) is 5.53. The lowest BCUT2D eigenvalue weighted by molar-refractivity contribution is -0.142. The van der Waals surface area contributed by atoms with Gasteiger partial charge in [0, 0.05) is 5.39 Å². The normalized spacial score (nSPS) is 11.2. The van der Waals surface area contributed by atoms with Crippen LogP contribution in [0, 0.1) is 0 Å². The molecule has 3 aromatic rings. The second kappa shape index (κ2) is 7.85. The standard InChI is InChI=1S/C19H16ClNO5S/c1-25-19(22)12-26-18-10-9-14(11-16(18)20)27(23,24)21-17-8-4-6-13-5-2-3-7-15(13)17/h2-11,21H,12H2,1H3. The topological polar surface area (TPSA) is 81.7 Å². The minimum Gasteiger partial charge on any atom is -0.480 e. The van der Waals surface area contributed by atoms with Gasteiger partial charge in [-0.05, 0) is 29.7 Å². The smallest absolute Gasteiger partial charge is 0.343 e. The molecule has 140 valence electrons. The van der Waals surface area contributed by atoms with Crippen LogP contribution in [0.25, 0.3) is 10.8 Å². The minimum atomic E-state index is -3.86. The summed E-state index contributed by atoms with van der Waals surface area (Å²) in [5.74, 6) is -0.383. The average molecular weight is 406 g/mol. The van der Waals surface area contributed by atoms with Gasteiger partial charge in [0.05, 0.1) is 22.7 Å². The zero-order chi connectivity index (χ0) is 19.4. The second-order valence-electron chi connectivity index (χ2n) is 5.59. The molecule has 0 bridgehead atoms. The number of benzene rings is 3. The van der Waals surface area contributed by atoms with Crippen LogP contribution in [0.2, 0.25) is 5.02 Å². The fourth-order valence-corrected chi connectivity index (χ4v) is 3.88. The van der Waals surface area contributed by atoms with Crippen LogP contribution < -0.4 is 9.46 Å². The van der Waals surface area contributed by atoms with E-state index in [1.165, 1.54) is 25.3 Å². The van der Waals surface area contributed by atoms with Crippen LogP contribution in [0.3, 0.4) is 0 Å². The van der Waals surface area contributed by atoms with E-state index in [1.54, 1.807) is 12.1 Å². The Morgan fingerprint density at radius 1 is 1.07 bits per heavy atom. The van der Waals surface area contributed by atoms with Gasteiger partial charge in [-0.2, -0.15) is 0 Å². The van der Waals surface area contributed by atoms with Crippen molar-refractivity contribution >= 4 is 44.1 Å². The molecule has 6 nitrogen and oxygen atoms in total. The number of halogens is 1. The van der Waals surface area contributed by atoms with Crippen molar-refractivity contribution < 1.29 is 22.7 Å². The molecular formula is C19H16ClNO5S. The summed E-state index contributed by atoms with van der Waals surface area (Å²) < 4.78 is 37.7. The fourth-order valence-electron chi connectivity index (χ4n) is 2.48. The molecule has 3 aromatic carbocycles. The first-order chi connectivity index (χ1) is 12.9. The van der Waals surface area contributed by atoms with Gasteiger partial charge in [-0.15, -0.1) is 0 Å². The minimum absolute atomic E-state index is 0.0224. The molecule has 0 aromatic heterocycles. The van der Waals surface area contributed by atoms with Gasteiger partial charge in [0.2, 0.25) is 0 Å². The van der Waals surface area contributed by atoms with Crippen molar-refractivity contribution in [1.29, 1.82) is 0 Å². The van der Waals surface area contributed by atoms with Crippen LogP contribution in [0.5, 0.6) is 5.75 Å². The number of carbonyl (C=O) groups is 1. The van der Waals surface area contributed by atoms with E-state index in [2.05, 4.69) is 9.46 Å². The van der Waals surface area contributed by atoms with Gasteiger partial charge in [0.25, 0.3) is 10.0 Å². The van der Waals surface area contributed by atoms with E-state index < -0.39 is 16.0 Å². The molecule has 0 heterocycles. The first-order valence-electron chi connectivity index (χ1n) is 7.90. The summed E-state index contributed by atoms with van der Waals surface area (Å²) in [6, 6.07) is 16.8. The molecule has 0 aliphatic carbocycles. The number of ether oxygens (including phenoxy) is 2. The van der Waals surface area contributed by atoms with E-state index in [0.29, 0.717) is 5.69 Å². The Bertz CT molecular complexity index is 1090. The maximum absolute atomic E-state index is 12.7. The molecule has 27 heavy (non-hydrogen) atoms. The first kappa shape index (κ1) is 19.0. The van der Waals surface area contributed by atoms with Gasteiger partial charge in [-0.25, -0.2) is 13.2 Å². The van der Waals surface area contributed by atoms with Gasteiger partial charge in [0.15, 0.2) is 6.61 Å². The molecular weight excluding hydrogens is 390 g/mol. The number of sulfonamides is 1. The zero-order valence-electron chi connectivity index (χ0n) is 14.3. The van der Waals surface area contributed by atoms with Crippen LogP contribution in [0.15, 0.2) is 65.6 Å². The molecule has 0 saturated carbocycles. The lowest BCUT2D eigenvalue weighted by atomic mass is 10.1. The van der Waals surface area contributed by atoms with Crippen LogP contribution >= 0.6 is 11.6 Å². The monoisotopic (exact) mass is 405 g/mol. The Morgan fingerprint density at radius 3 is 2.56 bits per heavy atom. The molecule has 1 N–H and O–H groups in total. The van der Waals surface area contributed by atoms with Crippen molar-refractivity contribution in [2.45, 2.75) is 4.90 Å². The van der Waals surface area contributed by atoms with Crippen molar-refractivity contribution in [2.75, 3.05) is 18.4 Å². The average Bonchev–Trinajstić information content (AvgIpc) is 2.66. The largest absolute Gasteiger partial charge is 0.480 e. The van der Waals surface area contributed by atoms with E-state index in [1.807, 2.05) is 30.3 Å². The van der Waals surface area contributed by atoms with Gasteiger partial charge < -0.3 is 9.47 Å². The molecule has 8 heteroatoms. The zero-order valence-corrected chi connectivity index (χ0v) is 15.9. The number of rotatable bonds is 6. The summed E-state index contributed by atoms with van der Waals surface area (Å²) in [6.07, 6.45) is 0. The van der Waals surface area contributed by atoms with Crippen LogP contribution in [0.1, 0.15) is 0 Å². The van der Waals surface area contributed by atoms with E-state index >= 15 is 0 Å². The number of nitrogens with one attached hydrogen (secondary N) is 1.